The van der Waals surface area contributed by atoms with Gasteiger partial charge in [-0.1, -0.05) is 0 Å². The Bertz CT molecular complexity index is 475. The number of ether oxygens (including phenoxy) is 1. The molecule has 0 bridgehead atoms. The van der Waals surface area contributed by atoms with Crippen LogP contribution in [0, 0.1) is 12.3 Å². The molecule has 1 saturated heterocycles. The second-order valence-corrected chi connectivity index (χ2v) is 7.50. The molecule has 4 heteroatoms. The van der Waals surface area contributed by atoms with Crippen LogP contribution in [0.5, 0.6) is 0 Å². The number of nitrogens with zero attached hydrogens (tertiary/aromatic N) is 2. The van der Waals surface area contributed by atoms with Gasteiger partial charge in [-0.15, -0.1) is 0 Å². The highest BCUT2D eigenvalue weighted by atomic mass is 16.5. The first-order chi connectivity index (χ1) is 9.76. The van der Waals surface area contributed by atoms with Crippen molar-refractivity contribution in [2.24, 2.45) is 5.41 Å². The topological polar surface area (TPSA) is 39.1 Å². The maximum Gasteiger partial charge on any atom is 0.0619 e. The molecule has 2 rings (SSSR count). The Labute approximate surface area is 129 Å². The number of aryl methyl sites for hydroxylation is 2. The zero-order valence-electron chi connectivity index (χ0n) is 14.5. The summed E-state index contributed by atoms with van der Waals surface area (Å²) in [6.45, 7) is 15.9. The Morgan fingerprint density at radius 1 is 1.48 bits per heavy atom. The molecule has 21 heavy (non-hydrogen) atoms. The smallest absolute Gasteiger partial charge is 0.0619 e. The van der Waals surface area contributed by atoms with Gasteiger partial charge in [0, 0.05) is 36.3 Å². The Morgan fingerprint density at radius 2 is 2.19 bits per heavy atom. The number of hydrogen-bond acceptors (Lipinski definition) is 3. The van der Waals surface area contributed by atoms with Gasteiger partial charge in [-0.05, 0) is 60.5 Å². The molecule has 0 aromatic carbocycles. The van der Waals surface area contributed by atoms with E-state index >= 15 is 0 Å². The fourth-order valence-electron chi connectivity index (χ4n) is 3.16. The molecule has 0 radical (unpaired) electrons. The van der Waals surface area contributed by atoms with E-state index in [-0.39, 0.29) is 17.1 Å². The highest BCUT2D eigenvalue weighted by Crippen LogP contribution is 2.38. The van der Waals surface area contributed by atoms with Gasteiger partial charge in [-0.2, -0.15) is 5.10 Å². The van der Waals surface area contributed by atoms with E-state index < -0.39 is 0 Å². The SMILES string of the molecule is CCn1nc(C)cc1CC1(CNC(C)(C)C)CCOC1C. The minimum atomic E-state index is 0.135. The largest absolute Gasteiger partial charge is 0.378 e. The first-order valence-corrected chi connectivity index (χ1v) is 8.16. The van der Waals surface area contributed by atoms with Crippen LogP contribution in [0.2, 0.25) is 0 Å². The summed E-state index contributed by atoms with van der Waals surface area (Å²) in [5.41, 5.74) is 2.75. The molecule has 120 valence electrons. The van der Waals surface area contributed by atoms with Gasteiger partial charge >= 0.3 is 0 Å². The quantitative estimate of drug-likeness (QED) is 0.907. The summed E-state index contributed by atoms with van der Waals surface area (Å²) < 4.78 is 8.05. The normalized spacial score (nSPS) is 26.5. The van der Waals surface area contributed by atoms with Crippen LogP contribution in [0.4, 0.5) is 0 Å². The van der Waals surface area contributed by atoms with Crippen molar-refractivity contribution in [1.82, 2.24) is 15.1 Å². The van der Waals surface area contributed by atoms with Crippen molar-refractivity contribution in [1.29, 1.82) is 0 Å². The Kier molecular flexibility index (Phi) is 4.79. The lowest BCUT2D eigenvalue weighted by Gasteiger charge is -2.36. The molecule has 0 amide bonds. The fourth-order valence-corrected chi connectivity index (χ4v) is 3.16. The highest BCUT2D eigenvalue weighted by molar-refractivity contribution is 5.13. The average Bonchev–Trinajstić information content (AvgIpc) is 2.91. The zero-order valence-corrected chi connectivity index (χ0v) is 14.5. The minimum Gasteiger partial charge on any atom is -0.378 e. The van der Waals surface area contributed by atoms with E-state index in [2.05, 4.69) is 62.7 Å². The summed E-state index contributed by atoms with van der Waals surface area (Å²) in [6, 6.07) is 2.23. The third-order valence-electron chi connectivity index (χ3n) is 4.62. The molecule has 1 aliphatic rings. The maximum absolute atomic E-state index is 5.92. The third kappa shape index (κ3) is 3.86. The molecule has 0 saturated carbocycles. The van der Waals surface area contributed by atoms with Crippen LogP contribution in [-0.4, -0.2) is 34.6 Å². The zero-order chi connectivity index (χ0) is 15.7. The Hall–Kier alpha value is -0.870. The number of aromatic nitrogens is 2. The van der Waals surface area contributed by atoms with E-state index in [1.165, 1.54) is 5.69 Å². The molecule has 0 spiro atoms. The van der Waals surface area contributed by atoms with Crippen molar-refractivity contribution in [3.63, 3.8) is 0 Å². The molecule has 1 fully saturated rings. The van der Waals surface area contributed by atoms with Gasteiger partial charge in [0.2, 0.25) is 0 Å². The maximum atomic E-state index is 5.92. The van der Waals surface area contributed by atoms with Crippen molar-refractivity contribution in [2.45, 2.75) is 72.6 Å². The standard InChI is InChI=1S/C17H31N3O/c1-7-20-15(10-13(2)19-20)11-17(8-9-21-14(17)3)12-18-16(4,5)6/h10,14,18H,7-9,11-12H2,1-6H3. The van der Waals surface area contributed by atoms with Crippen molar-refractivity contribution in [3.05, 3.63) is 17.5 Å². The molecule has 1 aliphatic heterocycles. The molecular formula is C17H31N3O. The van der Waals surface area contributed by atoms with Crippen molar-refractivity contribution < 1.29 is 4.74 Å². The number of nitrogens with one attached hydrogen (secondary N) is 1. The predicted octanol–water partition coefficient (Wildman–Crippen LogP) is 2.94. The number of hydrogen-bond donors (Lipinski definition) is 1. The van der Waals surface area contributed by atoms with Gasteiger partial charge in [0.1, 0.15) is 0 Å². The monoisotopic (exact) mass is 293 g/mol. The lowest BCUT2D eigenvalue weighted by Crippen LogP contribution is -2.48. The molecule has 4 nitrogen and oxygen atoms in total. The predicted molar refractivity (Wildman–Crippen MR) is 86.6 cm³/mol. The van der Waals surface area contributed by atoms with Crippen LogP contribution >= 0.6 is 0 Å². The summed E-state index contributed by atoms with van der Waals surface area (Å²) in [6.07, 6.45) is 2.43. The van der Waals surface area contributed by atoms with Gasteiger partial charge in [-0.25, -0.2) is 0 Å². The summed E-state index contributed by atoms with van der Waals surface area (Å²) in [4.78, 5) is 0. The molecule has 2 unspecified atom stereocenters. The fraction of sp³-hybridized carbons (Fsp3) is 0.824. The summed E-state index contributed by atoms with van der Waals surface area (Å²) >= 11 is 0. The second kappa shape index (κ2) is 6.09. The van der Waals surface area contributed by atoms with E-state index in [0.29, 0.717) is 0 Å². The van der Waals surface area contributed by atoms with Crippen molar-refractivity contribution in [2.75, 3.05) is 13.2 Å². The van der Waals surface area contributed by atoms with Gasteiger partial charge in [0.25, 0.3) is 0 Å². The molecule has 0 aliphatic carbocycles. The lowest BCUT2D eigenvalue weighted by molar-refractivity contribution is 0.0587. The van der Waals surface area contributed by atoms with E-state index in [9.17, 15) is 0 Å². The Balaban J connectivity index is 2.20. The average molecular weight is 293 g/mol. The molecule has 2 atom stereocenters. The van der Waals surface area contributed by atoms with Gasteiger partial charge in [0.05, 0.1) is 11.8 Å². The first-order valence-electron chi connectivity index (χ1n) is 8.16. The van der Waals surface area contributed by atoms with Gasteiger partial charge in [0.15, 0.2) is 0 Å². The molecule has 1 aromatic rings. The van der Waals surface area contributed by atoms with Crippen LogP contribution in [0.1, 0.15) is 52.4 Å². The van der Waals surface area contributed by atoms with Crippen LogP contribution < -0.4 is 5.32 Å². The molecule has 2 heterocycles. The van der Waals surface area contributed by atoms with Gasteiger partial charge < -0.3 is 10.1 Å². The molecule has 1 N–H and O–H groups in total. The molecule has 1 aromatic heterocycles. The molecular weight excluding hydrogens is 262 g/mol. The van der Waals surface area contributed by atoms with E-state index in [0.717, 1.165) is 38.2 Å². The van der Waals surface area contributed by atoms with Gasteiger partial charge in [-0.3, -0.25) is 4.68 Å². The van der Waals surface area contributed by atoms with Crippen molar-refractivity contribution >= 4 is 0 Å². The van der Waals surface area contributed by atoms with Crippen LogP contribution in [0.15, 0.2) is 6.07 Å². The van der Waals surface area contributed by atoms with Crippen LogP contribution in [0.3, 0.4) is 0 Å². The summed E-state index contributed by atoms with van der Waals surface area (Å²) in [5, 5.41) is 8.28. The second-order valence-electron chi connectivity index (χ2n) is 7.50. The third-order valence-corrected chi connectivity index (χ3v) is 4.62. The summed E-state index contributed by atoms with van der Waals surface area (Å²) in [5.74, 6) is 0. The Morgan fingerprint density at radius 3 is 2.71 bits per heavy atom. The highest BCUT2D eigenvalue weighted by Gasteiger charge is 2.42. The van der Waals surface area contributed by atoms with E-state index in [4.69, 9.17) is 4.74 Å². The van der Waals surface area contributed by atoms with E-state index in [1.807, 2.05) is 0 Å². The van der Waals surface area contributed by atoms with Crippen molar-refractivity contribution in [3.8, 4) is 0 Å². The summed E-state index contributed by atoms with van der Waals surface area (Å²) in [7, 11) is 0. The number of rotatable bonds is 5. The van der Waals surface area contributed by atoms with Crippen LogP contribution in [0.25, 0.3) is 0 Å². The lowest BCUT2D eigenvalue weighted by atomic mass is 9.76. The first kappa shape index (κ1) is 16.5. The van der Waals surface area contributed by atoms with E-state index in [1.54, 1.807) is 0 Å². The minimum absolute atomic E-state index is 0.135. The van der Waals surface area contributed by atoms with Crippen LogP contribution in [-0.2, 0) is 17.7 Å².